The van der Waals surface area contributed by atoms with Gasteiger partial charge in [0.05, 0.1) is 4.88 Å². The maximum atomic E-state index is 12.7. The Balaban J connectivity index is 2.15. The van der Waals surface area contributed by atoms with E-state index < -0.39 is 0 Å². The van der Waals surface area contributed by atoms with Crippen molar-refractivity contribution < 1.29 is 4.79 Å². The van der Waals surface area contributed by atoms with Crippen LogP contribution in [0.15, 0.2) is 6.07 Å². The molecule has 0 atom stereocenters. The normalized spacial score (nSPS) is 16.6. The molecule has 1 fully saturated rings. The Morgan fingerprint density at radius 3 is 2.58 bits per heavy atom. The van der Waals surface area contributed by atoms with E-state index in [1.165, 1.54) is 42.5 Å². The number of thiophene rings is 1. The number of alkyl halides is 1. The van der Waals surface area contributed by atoms with Gasteiger partial charge in [0.25, 0.3) is 5.91 Å². The van der Waals surface area contributed by atoms with Crippen molar-refractivity contribution in [3.8, 4) is 0 Å². The summed E-state index contributed by atoms with van der Waals surface area (Å²) in [5, 5.41) is 0.860. The summed E-state index contributed by atoms with van der Waals surface area (Å²) in [7, 11) is 0. The minimum Gasteiger partial charge on any atom is -0.334 e. The highest BCUT2D eigenvalue weighted by molar-refractivity contribution is 9.09. The fourth-order valence-corrected chi connectivity index (χ4v) is 4.13. The van der Waals surface area contributed by atoms with Crippen LogP contribution in [0.25, 0.3) is 0 Å². The Labute approximate surface area is 128 Å². The van der Waals surface area contributed by atoms with Gasteiger partial charge < -0.3 is 4.90 Å². The molecule has 0 N–H and O–H groups in total. The molecule has 0 radical (unpaired) electrons. The standard InChI is InChI=1S/C15H22BrNOS/c1-11-10-14(19-12(11)2)15(18)17(9-8-16)13-6-4-3-5-7-13/h10,13H,3-9H2,1-2H3. The predicted molar refractivity (Wildman–Crippen MR) is 85.5 cm³/mol. The Hall–Kier alpha value is -0.350. The number of carbonyl (C=O) groups is 1. The minimum atomic E-state index is 0.229. The molecule has 1 amide bonds. The highest BCUT2D eigenvalue weighted by Crippen LogP contribution is 2.27. The molecule has 2 nitrogen and oxygen atoms in total. The van der Waals surface area contributed by atoms with E-state index in [1.54, 1.807) is 11.3 Å². The van der Waals surface area contributed by atoms with Gasteiger partial charge in [-0.25, -0.2) is 0 Å². The summed E-state index contributed by atoms with van der Waals surface area (Å²) in [5.41, 5.74) is 1.23. The van der Waals surface area contributed by atoms with Gasteiger partial charge >= 0.3 is 0 Å². The van der Waals surface area contributed by atoms with Crippen LogP contribution in [0, 0.1) is 13.8 Å². The van der Waals surface area contributed by atoms with Crippen LogP contribution in [-0.2, 0) is 0 Å². The van der Waals surface area contributed by atoms with Crippen molar-refractivity contribution in [2.24, 2.45) is 0 Å². The van der Waals surface area contributed by atoms with Crippen LogP contribution in [0.3, 0.4) is 0 Å². The van der Waals surface area contributed by atoms with Crippen LogP contribution < -0.4 is 0 Å². The molecule has 19 heavy (non-hydrogen) atoms. The molecule has 1 aliphatic rings. The third kappa shape index (κ3) is 3.60. The molecular formula is C15H22BrNOS. The molecule has 1 aromatic heterocycles. The second-order valence-corrected chi connectivity index (χ2v) is 7.38. The van der Waals surface area contributed by atoms with Gasteiger partial charge in [0.2, 0.25) is 0 Å². The molecule has 0 unspecified atom stereocenters. The first-order chi connectivity index (χ1) is 9.13. The first-order valence-corrected chi connectivity index (χ1v) is 9.01. The molecular weight excluding hydrogens is 322 g/mol. The highest BCUT2D eigenvalue weighted by Gasteiger charge is 2.26. The monoisotopic (exact) mass is 343 g/mol. The molecule has 0 aliphatic heterocycles. The summed E-state index contributed by atoms with van der Waals surface area (Å²) in [6.45, 7) is 4.99. The van der Waals surface area contributed by atoms with E-state index in [4.69, 9.17) is 0 Å². The molecule has 1 aromatic rings. The second kappa shape index (κ2) is 6.89. The third-order valence-corrected chi connectivity index (χ3v) is 5.47. The van der Waals surface area contributed by atoms with E-state index in [0.29, 0.717) is 6.04 Å². The fraction of sp³-hybridized carbons (Fsp3) is 0.667. The Bertz CT molecular complexity index is 418. The van der Waals surface area contributed by atoms with Gasteiger partial charge in [0, 0.05) is 22.8 Å². The molecule has 2 rings (SSSR count). The summed E-state index contributed by atoms with van der Waals surface area (Å²) in [6.07, 6.45) is 6.19. The van der Waals surface area contributed by atoms with Crippen molar-refractivity contribution in [2.45, 2.75) is 52.0 Å². The summed E-state index contributed by atoms with van der Waals surface area (Å²) in [4.78, 5) is 17.0. The number of aryl methyl sites for hydroxylation is 2. The van der Waals surface area contributed by atoms with Crippen molar-refractivity contribution in [3.63, 3.8) is 0 Å². The van der Waals surface area contributed by atoms with Crippen molar-refractivity contribution >= 4 is 33.2 Å². The maximum absolute atomic E-state index is 12.7. The summed E-state index contributed by atoms with van der Waals surface area (Å²) in [5.74, 6) is 0.229. The van der Waals surface area contributed by atoms with E-state index in [-0.39, 0.29) is 5.91 Å². The quantitative estimate of drug-likeness (QED) is 0.735. The van der Waals surface area contributed by atoms with Crippen molar-refractivity contribution in [3.05, 3.63) is 21.4 Å². The molecule has 0 bridgehead atoms. The number of hydrogen-bond donors (Lipinski definition) is 0. The van der Waals surface area contributed by atoms with Crippen LogP contribution in [0.2, 0.25) is 0 Å². The van der Waals surface area contributed by atoms with Crippen LogP contribution >= 0.6 is 27.3 Å². The second-order valence-electron chi connectivity index (χ2n) is 5.33. The number of carbonyl (C=O) groups excluding carboxylic acids is 1. The zero-order chi connectivity index (χ0) is 13.8. The van der Waals surface area contributed by atoms with Crippen LogP contribution in [0.1, 0.15) is 52.2 Å². The van der Waals surface area contributed by atoms with Gasteiger partial charge in [-0.15, -0.1) is 11.3 Å². The van der Waals surface area contributed by atoms with Crippen molar-refractivity contribution in [1.29, 1.82) is 0 Å². The van der Waals surface area contributed by atoms with E-state index in [0.717, 1.165) is 16.8 Å². The van der Waals surface area contributed by atoms with Gasteiger partial charge in [0.1, 0.15) is 0 Å². The van der Waals surface area contributed by atoms with Gasteiger partial charge in [-0.3, -0.25) is 4.79 Å². The molecule has 0 saturated heterocycles. The molecule has 1 heterocycles. The molecule has 0 spiro atoms. The van der Waals surface area contributed by atoms with E-state index >= 15 is 0 Å². The summed E-state index contributed by atoms with van der Waals surface area (Å²) < 4.78 is 0. The van der Waals surface area contributed by atoms with Crippen LogP contribution in [-0.4, -0.2) is 28.7 Å². The number of rotatable bonds is 4. The molecule has 106 valence electrons. The lowest BCUT2D eigenvalue weighted by Gasteiger charge is -2.33. The zero-order valence-electron chi connectivity index (χ0n) is 11.7. The van der Waals surface area contributed by atoms with Gasteiger partial charge in [-0.2, -0.15) is 0 Å². The predicted octanol–water partition coefficient (Wildman–Crippen LogP) is 4.53. The van der Waals surface area contributed by atoms with Crippen molar-refractivity contribution in [1.82, 2.24) is 4.90 Å². The smallest absolute Gasteiger partial charge is 0.264 e. The lowest BCUT2D eigenvalue weighted by Crippen LogP contribution is -2.42. The van der Waals surface area contributed by atoms with E-state index in [9.17, 15) is 4.79 Å². The summed E-state index contributed by atoms with van der Waals surface area (Å²) in [6, 6.07) is 2.49. The molecule has 4 heteroatoms. The van der Waals surface area contributed by atoms with Gasteiger partial charge in [-0.05, 0) is 38.3 Å². The molecule has 1 saturated carbocycles. The molecule has 1 aliphatic carbocycles. The Kier molecular flexibility index (Phi) is 5.46. The highest BCUT2D eigenvalue weighted by atomic mass is 79.9. The lowest BCUT2D eigenvalue weighted by molar-refractivity contribution is 0.0656. The lowest BCUT2D eigenvalue weighted by atomic mass is 9.94. The fourth-order valence-electron chi connectivity index (χ4n) is 2.75. The summed E-state index contributed by atoms with van der Waals surface area (Å²) >= 11 is 5.12. The largest absolute Gasteiger partial charge is 0.334 e. The van der Waals surface area contributed by atoms with Crippen molar-refractivity contribution in [2.75, 3.05) is 11.9 Å². The average molecular weight is 344 g/mol. The van der Waals surface area contributed by atoms with E-state index in [1.807, 2.05) is 6.07 Å². The first-order valence-electron chi connectivity index (χ1n) is 7.07. The number of hydrogen-bond acceptors (Lipinski definition) is 2. The van der Waals surface area contributed by atoms with Crippen LogP contribution in [0.5, 0.6) is 0 Å². The molecule has 0 aromatic carbocycles. The SMILES string of the molecule is Cc1cc(C(=O)N(CCBr)C2CCCCC2)sc1C. The maximum Gasteiger partial charge on any atom is 0.264 e. The number of amides is 1. The number of halogens is 1. The Morgan fingerprint density at radius 1 is 1.37 bits per heavy atom. The first kappa shape index (κ1) is 15.0. The van der Waals surface area contributed by atoms with E-state index in [2.05, 4.69) is 34.7 Å². The minimum absolute atomic E-state index is 0.229. The van der Waals surface area contributed by atoms with Gasteiger partial charge in [-0.1, -0.05) is 35.2 Å². The third-order valence-electron chi connectivity index (χ3n) is 3.98. The Morgan fingerprint density at radius 2 is 2.05 bits per heavy atom. The number of nitrogens with zero attached hydrogens (tertiary/aromatic N) is 1. The van der Waals surface area contributed by atoms with Crippen LogP contribution in [0.4, 0.5) is 0 Å². The van der Waals surface area contributed by atoms with Gasteiger partial charge in [0.15, 0.2) is 0 Å². The zero-order valence-corrected chi connectivity index (χ0v) is 14.1. The topological polar surface area (TPSA) is 20.3 Å². The average Bonchev–Trinajstić information content (AvgIpc) is 2.76.